The maximum atomic E-state index is 14.6. The molecule has 0 bridgehead atoms. The normalized spacial score (nSPS) is 15.8. The molecule has 1 aliphatic heterocycles. The van der Waals surface area contributed by atoms with Crippen LogP contribution >= 0.6 is 0 Å². The van der Waals surface area contributed by atoms with Gasteiger partial charge in [0.2, 0.25) is 130 Å². The van der Waals surface area contributed by atoms with Crippen LogP contribution in [0, 0.1) is 17.8 Å². The van der Waals surface area contributed by atoms with Crippen LogP contribution in [0.1, 0.15) is 236 Å². The standard InChI is InChI=1S/C88H146N22O24/c1-25-46(6)63(73(126)97-54(34-37-60(90)115)68(121)96-53(33-36-59(89)114)67(120)95-52(42-111)41-51-30-27-26-28-31-51)102-78(131)83(13,14)107-74(127)62(45(4)5)101-72(125)58-32-29-39-110(58)81(134)88(23,24)106-71(124)56(40-44(2)3)98-69(122)57(43-112)99-65(118)48(8)94-76(129)84(15,16)108-80(133)87(21,22)105-70(123)55(35-38-61(91)116)100-77(130)85(17,18)109-79(132)86(19,20)104-66(119)49(9)92-64(117)47(7)93-75(128)82(11,12)103-50(10)113/h26-28,30-31,44-49,52-58,62-63,111-112H,25,29,32-43H2,1-24H3,(H2,89,114)(H2,90,115)(H2,91,116)(H,92,117)(H,93,128)(H,94,129)(H,95,120)(H,96,121)(H,97,126)(H,98,122)(H,99,118)(H,100,130)(H,101,125)(H,102,131)(H,103,113)(H,104,119)(H,105,123)(H,106,124)(H,107,127)(H,108,133)(H,109,132)/t46-,47-,48-,49-,52-,53-,54-,55-,56-,57-,58+,62-,63-/m0/s1. The zero-order valence-corrected chi connectivity index (χ0v) is 81.5. The molecule has 1 aliphatic rings. The summed E-state index contributed by atoms with van der Waals surface area (Å²) in [4.78, 5) is 300. The first kappa shape index (κ1) is 118. The Morgan fingerprint density at radius 1 is 0.381 bits per heavy atom. The molecule has 0 radical (unpaired) electrons. The molecule has 1 saturated heterocycles. The van der Waals surface area contributed by atoms with E-state index in [1.807, 2.05) is 0 Å². The van der Waals surface area contributed by atoms with E-state index < -0.39 is 286 Å². The lowest BCUT2D eigenvalue weighted by atomic mass is 9.94. The van der Waals surface area contributed by atoms with E-state index in [0.29, 0.717) is 0 Å². The highest BCUT2D eigenvalue weighted by Gasteiger charge is 2.48. The van der Waals surface area contributed by atoms with Crippen LogP contribution in [0.3, 0.4) is 0 Å². The summed E-state index contributed by atoms with van der Waals surface area (Å²) < 4.78 is 0. The van der Waals surface area contributed by atoms with Gasteiger partial charge < -0.3 is 128 Å². The van der Waals surface area contributed by atoms with Gasteiger partial charge in [-0.25, -0.2) is 0 Å². The minimum atomic E-state index is -1.94. The second-order valence-electron chi connectivity index (χ2n) is 38.4. The van der Waals surface area contributed by atoms with Gasteiger partial charge in [-0.1, -0.05) is 78.3 Å². The lowest BCUT2D eigenvalue weighted by molar-refractivity contribution is -0.146. The number of rotatable bonds is 54. The van der Waals surface area contributed by atoms with Crippen molar-refractivity contribution >= 4 is 130 Å². The van der Waals surface area contributed by atoms with Crippen molar-refractivity contribution in [3.05, 3.63) is 35.9 Å². The Morgan fingerprint density at radius 3 is 1.20 bits per heavy atom. The largest absolute Gasteiger partial charge is 0.394 e. The number of nitrogens with two attached hydrogens (primary N) is 3. The van der Waals surface area contributed by atoms with Gasteiger partial charge in [-0.15, -0.1) is 0 Å². The van der Waals surface area contributed by atoms with Crippen molar-refractivity contribution < 1.29 is 116 Å². The predicted octanol–water partition coefficient (Wildman–Crippen LogP) is -5.57. The van der Waals surface area contributed by atoms with E-state index in [4.69, 9.17) is 17.2 Å². The van der Waals surface area contributed by atoms with Gasteiger partial charge in [0.15, 0.2) is 0 Å². The number of aliphatic hydroxyl groups is 2. The molecule has 0 unspecified atom stereocenters. The number of amides is 22. The molecule has 0 spiro atoms. The fourth-order valence-corrected chi connectivity index (χ4v) is 13.4. The average molecular weight is 1900 g/mol. The number of carbonyl (C=O) groups is 22. The number of carbonyl (C=O) groups excluding carboxylic acids is 22. The Kier molecular flexibility index (Phi) is 44.8. The Labute approximate surface area is 781 Å². The van der Waals surface area contributed by atoms with E-state index in [2.05, 4.69) is 95.7 Å². The molecular weight excluding hydrogens is 1750 g/mol. The average Bonchev–Trinajstić information content (AvgIpc) is 1.69. The van der Waals surface area contributed by atoms with E-state index in [1.165, 1.54) is 130 Å². The summed E-state index contributed by atoms with van der Waals surface area (Å²) in [6.07, 6.45) is -1.65. The number of nitrogens with one attached hydrogen (secondary N) is 18. The van der Waals surface area contributed by atoms with Gasteiger partial charge in [0.1, 0.15) is 105 Å². The highest BCUT2D eigenvalue weighted by atomic mass is 16.3. The van der Waals surface area contributed by atoms with Gasteiger partial charge in [-0.05, 0) is 186 Å². The van der Waals surface area contributed by atoms with E-state index in [0.717, 1.165) is 5.56 Å². The fourth-order valence-electron chi connectivity index (χ4n) is 13.4. The Bertz CT molecular complexity index is 4440. The third kappa shape index (κ3) is 37.5. The molecule has 0 saturated carbocycles. The Morgan fingerprint density at radius 2 is 0.754 bits per heavy atom. The van der Waals surface area contributed by atoms with E-state index >= 15 is 0 Å². The molecule has 22 amide bonds. The topological polar surface area (TPSA) is 714 Å². The summed E-state index contributed by atoms with van der Waals surface area (Å²) >= 11 is 0. The molecule has 0 aliphatic carbocycles. The molecule has 26 N–H and O–H groups in total. The molecule has 752 valence electrons. The second kappa shape index (κ2) is 51.1. The van der Waals surface area contributed by atoms with E-state index in [1.54, 1.807) is 71.9 Å². The van der Waals surface area contributed by atoms with Crippen molar-refractivity contribution in [2.75, 3.05) is 19.8 Å². The quantitative estimate of drug-likeness (QED) is 0.0289. The van der Waals surface area contributed by atoms with Crippen LogP contribution in [0.15, 0.2) is 30.3 Å². The van der Waals surface area contributed by atoms with Crippen LogP contribution in [-0.4, -0.2) is 276 Å². The summed E-state index contributed by atoms with van der Waals surface area (Å²) in [5.74, 6) is -21.1. The first-order chi connectivity index (χ1) is 61.5. The lowest BCUT2D eigenvalue weighted by Gasteiger charge is -2.35. The van der Waals surface area contributed by atoms with E-state index in [9.17, 15) is 116 Å². The molecule has 1 heterocycles. The first-order valence-corrected chi connectivity index (χ1v) is 44.5. The summed E-state index contributed by atoms with van der Waals surface area (Å²) in [5, 5.41) is 65.9. The number of hydrogen-bond acceptors (Lipinski definition) is 24. The zero-order valence-electron chi connectivity index (χ0n) is 81.5. The molecule has 1 fully saturated rings. The monoisotopic (exact) mass is 1900 g/mol. The van der Waals surface area contributed by atoms with Crippen LogP contribution < -0.4 is 113 Å². The van der Waals surface area contributed by atoms with Crippen molar-refractivity contribution in [2.45, 2.75) is 348 Å². The van der Waals surface area contributed by atoms with Crippen LogP contribution in [0.4, 0.5) is 0 Å². The molecule has 134 heavy (non-hydrogen) atoms. The van der Waals surface area contributed by atoms with Crippen molar-refractivity contribution in [1.29, 1.82) is 0 Å². The number of nitrogens with zero attached hydrogens (tertiary/aromatic N) is 1. The molecule has 0 aromatic heterocycles. The van der Waals surface area contributed by atoms with Gasteiger partial charge in [-0.2, -0.15) is 0 Å². The minimum Gasteiger partial charge on any atom is -0.394 e. The van der Waals surface area contributed by atoms with Crippen LogP contribution in [0.2, 0.25) is 0 Å². The third-order valence-electron chi connectivity index (χ3n) is 22.1. The third-order valence-corrected chi connectivity index (χ3v) is 22.1. The van der Waals surface area contributed by atoms with Gasteiger partial charge >= 0.3 is 0 Å². The molecular formula is C88H146N22O24. The van der Waals surface area contributed by atoms with Crippen molar-refractivity contribution in [2.24, 2.45) is 35.0 Å². The number of primary amides is 3. The Balaban J connectivity index is 2.22. The maximum Gasteiger partial charge on any atom is 0.248 e. The van der Waals surface area contributed by atoms with Gasteiger partial charge in [0.25, 0.3) is 0 Å². The van der Waals surface area contributed by atoms with Crippen LogP contribution in [0.25, 0.3) is 0 Å². The highest BCUT2D eigenvalue weighted by Crippen LogP contribution is 2.25. The first-order valence-electron chi connectivity index (χ1n) is 44.5. The maximum absolute atomic E-state index is 14.6. The number of aliphatic hydroxyl groups excluding tert-OH is 2. The number of hydrogen-bond donors (Lipinski definition) is 23. The van der Waals surface area contributed by atoms with Crippen molar-refractivity contribution in [3.8, 4) is 0 Å². The number of likely N-dealkylation sites (tertiary alicyclic amines) is 1. The number of benzene rings is 1. The predicted molar refractivity (Wildman–Crippen MR) is 488 cm³/mol. The molecule has 1 aromatic rings. The minimum absolute atomic E-state index is 0.00484. The summed E-state index contributed by atoms with van der Waals surface area (Å²) in [5.41, 5.74) is 4.49. The fraction of sp³-hybridized carbons (Fsp3) is 0.682. The summed E-state index contributed by atoms with van der Waals surface area (Å²) in [6, 6.07) is -7.80. The van der Waals surface area contributed by atoms with Crippen molar-refractivity contribution in [3.63, 3.8) is 0 Å². The van der Waals surface area contributed by atoms with E-state index in [-0.39, 0.29) is 63.8 Å². The van der Waals surface area contributed by atoms with Gasteiger partial charge in [-0.3, -0.25) is 105 Å². The van der Waals surface area contributed by atoms with Crippen molar-refractivity contribution in [1.82, 2.24) is 101 Å². The highest BCUT2D eigenvalue weighted by molar-refractivity contribution is 6.04. The van der Waals surface area contributed by atoms with Crippen LogP contribution in [-0.2, 0) is 112 Å². The molecule has 46 nitrogen and oxygen atoms in total. The molecule has 1 aromatic carbocycles. The molecule has 13 atom stereocenters. The molecule has 2 rings (SSSR count). The second-order valence-corrected chi connectivity index (χ2v) is 38.4. The van der Waals surface area contributed by atoms with Gasteiger partial charge in [0, 0.05) is 32.7 Å². The Hall–Kier alpha value is -12.5. The lowest BCUT2D eigenvalue weighted by Crippen LogP contribution is -2.67. The summed E-state index contributed by atoms with van der Waals surface area (Å²) in [7, 11) is 0. The smallest absolute Gasteiger partial charge is 0.248 e. The molecule has 46 heteroatoms. The van der Waals surface area contributed by atoms with Crippen LogP contribution in [0.5, 0.6) is 0 Å². The summed E-state index contributed by atoms with van der Waals surface area (Å²) in [6.45, 7) is 31.6. The zero-order chi connectivity index (χ0) is 103. The van der Waals surface area contributed by atoms with Gasteiger partial charge in [0.05, 0.1) is 19.3 Å². The SMILES string of the molecule is CC[C@H](C)[C@H](NC(=O)C(C)(C)NC(=O)[C@@H](NC(=O)[C@H]1CCCN1C(=O)C(C)(C)NC(=O)[C@H](CC(C)C)NC(=O)[C@H](CO)NC(=O)[C@H](C)NC(=O)C(C)(C)NC(=O)C(C)(C)NC(=O)[C@H](CCC(N)=O)NC(=O)C(C)(C)NC(=O)C(C)(C)NC(=O)[C@H](C)NC(=O)[C@H](C)NC(=O)C(C)(C)NC(C)=O)C(C)C)C(=O)N[C@@H](CCC(N)=O)C(=O)N[C@@H](CCC(N)=O)C(=O)N[C@H](CO)Cc1ccccc1.